The van der Waals surface area contributed by atoms with Gasteiger partial charge in [-0.1, -0.05) is 30.3 Å². The van der Waals surface area contributed by atoms with E-state index in [1.54, 1.807) is 49.6 Å². The molecule has 2 aromatic rings. The van der Waals surface area contributed by atoms with E-state index in [-0.39, 0.29) is 29.9 Å². The predicted molar refractivity (Wildman–Crippen MR) is 99.6 cm³/mol. The highest BCUT2D eigenvalue weighted by Gasteiger charge is 2.13. The number of ether oxygens (including phenoxy) is 1. The molecule has 2 rings (SSSR count). The zero-order valence-corrected chi connectivity index (χ0v) is 15.3. The Hall–Kier alpha value is -2.38. The maximum absolute atomic E-state index is 13.7. The molecular formula is C19H21FN2O3S. The molecule has 26 heavy (non-hydrogen) atoms. The van der Waals surface area contributed by atoms with E-state index in [1.807, 2.05) is 0 Å². The molecule has 0 heterocycles. The molecule has 0 unspecified atom stereocenters. The number of carbonyl (C=O) groups excluding carboxylic acids is 2. The van der Waals surface area contributed by atoms with Gasteiger partial charge in [0.2, 0.25) is 5.91 Å². The summed E-state index contributed by atoms with van der Waals surface area (Å²) in [4.78, 5) is 24.9. The molecule has 0 aromatic heterocycles. The van der Waals surface area contributed by atoms with Gasteiger partial charge in [-0.15, -0.1) is 11.8 Å². The Bertz CT molecular complexity index is 755. The highest BCUT2D eigenvalue weighted by molar-refractivity contribution is 8.00. The van der Waals surface area contributed by atoms with Crippen molar-refractivity contribution in [3.63, 3.8) is 0 Å². The Morgan fingerprint density at radius 1 is 1.08 bits per heavy atom. The quantitative estimate of drug-likeness (QED) is 0.522. The van der Waals surface area contributed by atoms with E-state index in [9.17, 15) is 14.0 Å². The van der Waals surface area contributed by atoms with Gasteiger partial charge in [0.25, 0.3) is 5.91 Å². The van der Waals surface area contributed by atoms with Crippen LogP contribution in [0.4, 0.5) is 4.39 Å². The molecule has 0 saturated carbocycles. The highest BCUT2D eigenvalue weighted by atomic mass is 32.2. The van der Waals surface area contributed by atoms with E-state index < -0.39 is 0 Å². The molecule has 0 aliphatic rings. The summed E-state index contributed by atoms with van der Waals surface area (Å²) in [5.74, 6) is -0.602. The summed E-state index contributed by atoms with van der Waals surface area (Å²) < 4.78 is 18.5. The monoisotopic (exact) mass is 376 g/mol. The molecule has 0 saturated heterocycles. The average molecular weight is 376 g/mol. The van der Waals surface area contributed by atoms with Crippen molar-refractivity contribution in [2.45, 2.75) is 11.4 Å². The molecular weight excluding hydrogens is 355 g/mol. The fraction of sp³-hybridized carbons (Fsp3) is 0.263. The van der Waals surface area contributed by atoms with Gasteiger partial charge in [-0.3, -0.25) is 9.59 Å². The molecule has 2 N–H and O–H groups in total. The zero-order valence-electron chi connectivity index (χ0n) is 14.5. The van der Waals surface area contributed by atoms with Gasteiger partial charge in [-0.05, 0) is 18.2 Å². The fourth-order valence-electron chi connectivity index (χ4n) is 2.18. The largest absolute Gasteiger partial charge is 0.383 e. The highest BCUT2D eigenvalue weighted by Crippen LogP contribution is 2.22. The smallest absolute Gasteiger partial charge is 0.252 e. The Labute approximate surface area is 156 Å². The van der Waals surface area contributed by atoms with Gasteiger partial charge < -0.3 is 15.4 Å². The Balaban J connectivity index is 1.93. The standard InChI is InChI=1S/C19H21FN2O3S/c1-25-11-10-21-18(23)13-26-17-9-5-3-7-15(17)19(24)22-12-14-6-2-4-8-16(14)20/h2-9H,10-13H2,1H3,(H,21,23)(H,22,24). The molecule has 0 aliphatic heterocycles. The van der Waals surface area contributed by atoms with Crippen molar-refractivity contribution in [3.8, 4) is 0 Å². The summed E-state index contributed by atoms with van der Waals surface area (Å²) in [6, 6.07) is 13.3. The van der Waals surface area contributed by atoms with Crippen LogP contribution in [0.5, 0.6) is 0 Å². The first kappa shape index (κ1) is 19.9. The number of hydrogen-bond donors (Lipinski definition) is 2. The summed E-state index contributed by atoms with van der Waals surface area (Å²) in [5, 5.41) is 5.45. The van der Waals surface area contributed by atoms with Crippen molar-refractivity contribution in [3.05, 3.63) is 65.5 Å². The molecule has 0 bridgehead atoms. The van der Waals surface area contributed by atoms with Crippen molar-refractivity contribution in [1.29, 1.82) is 0 Å². The SMILES string of the molecule is COCCNC(=O)CSc1ccccc1C(=O)NCc1ccccc1F. The lowest BCUT2D eigenvalue weighted by molar-refractivity contribution is -0.118. The number of benzene rings is 2. The summed E-state index contributed by atoms with van der Waals surface area (Å²) in [7, 11) is 1.57. The van der Waals surface area contributed by atoms with Crippen LogP contribution in [0.2, 0.25) is 0 Å². The predicted octanol–water partition coefficient (Wildman–Crippen LogP) is 2.61. The minimum Gasteiger partial charge on any atom is -0.383 e. The average Bonchev–Trinajstić information content (AvgIpc) is 2.66. The number of halogens is 1. The van der Waals surface area contributed by atoms with Crippen molar-refractivity contribution >= 4 is 23.6 Å². The van der Waals surface area contributed by atoms with Gasteiger partial charge in [0.15, 0.2) is 0 Å². The lowest BCUT2D eigenvalue weighted by Crippen LogP contribution is -2.28. The van der Waals surface area contributed by atoms with Crippen LogP contribution in [-0.2, 0) is 16.1 Å². The number of methoxy groups -OCH3 is 1. The van der Waals surface area contributed by atoms with Crippen LogP contribution in [0.1, 0.15) is 15.9 Å². The molecule has 0 spiro atoms. The van der Waals surface area contributed by atoms with Crippen LogP contribution in [0, 0.1) is 5.82 Å². The van der Waals surface area contributed by atoms with E-state index in [2.05, 4.69) is 10.6 Å². The van der Waals surface area contributed by atoms with Crippen molar-refractivity contribution < 1.29 is 18.7 Å². The topological polar surface area (TPSA) is 67.4 Å². The number of thioether (sulfide) groups is 1. The molecule has 7 heteroatoms. The Kier molecular flexibility index (Phi) is 8.11. The second-order valence-electron chi connectivity index (χ2n) is 5.40. The van der Waals surface area contributed by atoms with Crippen LogP contribution in [0.25, 0.3) is 0 Å². The van der Waals surface area contributed by atoms with Gasteiger partial charge in [-0.2, -0.15) is 0 Å². The van der Waals surface area contributed by atoms with Crippen LogP contribution in [0.3, 0.4) is 0 Å². The molecule has 2 aromatic carbocycles. The Morgan fingerprint density at radius 2 is 1.81 bits per heavy atom. The molecule has 0 atom stereocenters. The fourth-order valence-corrected chi connectivity index (χ4v) is 3.06. The first-order valence-corrected chi connectivity index (χ1v) is 9.09. The number of hydrogen-bond acceptors (Lipinski definition) is 4. The lowest BCUT2D eigenvalue weighted by Gasteiger charge is -2.10. The van der Waals surface area contributed by atoms with Crippen LogP contribution in [0.15, 0.2) is 53.4 Å². The molecule has 2 amide bonds. The molecule has 0 fully saturated rings. The number of amides is 2. The maximum atomic E-state index is 13.7. The zero-order chi connectivity index (χ0) is 18.8. The van der Waals surface area contributed by atoms with E-state index >= 15 is 0 Å². The number of nitrogens with one attached hydrogen (secondary N) is 2. The third-order valence-electron chi connectivity index (χ3n) is 3.52. The minimum absolute atomic E-state index is 0.0992. The lowest BCUT2D eigenvalue weighted by atomic mass is 10.2. The third-order valence-corrected chi connectivity index (χ3v) is 4.59. The van der Waals surface area contributed by atoms with Gasteiger partial charge in [0.1, 0.15) is 5.82 Å². The van der Waals surface area contributed by atoms with Crippen molar-refractivity contribution in [2.24, 2.45) is 0 Å². The second-order valence-corrected chi connectivity index (χ2v) is 6.42. The molecule has 138 valence electrons. The number of carbonyl (C=O) groups is 2. The van der Waals surface area contributed by atoms with E-state index in [1.165, 1.54) is 17.8 Å². The molecule has 0 radical (unpaired) electrons. The summed E-state index contributed by atoms with van der Waals surface area (Å²) in [5.41, 5.74) is 0.877. The van der Waals surface area contributed by atoms with E-state index in [0.717, 1.165) is 0 Å². The minimum atomic E-state index is -0.358. The van der Waals surface area contributed by atoms with E-state index in [0.29, 0.717) is 29.2 Å². The summed E-state index contributed by atoms with van der Waals surface area (Å²) in [6.07, 6.45) is 0. The first-order chi connectivity index (χ1) is 12.6. The van der Waals surface area contributed by atoms with Crippen LogP contribution < -0.4 is 10.6 Å². The Morgan fingerprint density at radius 3 is 2.58 bits per heavy atom. The second kappa shape index (κ2) is 10.6. The van der Waals surface area contributed by atoms with Crippen LogP contribution >= 0.6 is 11.8 Å². The van der Waals surface area contributed by atoms with Gasteiger partial charge >= 0.3 is 0 Å². The molecule has 5 nitrogen and oxygen atoms in total. The van der Waals surface area contributed by atoms with Crippen LogP contribution in [-0.4, -0.2) is 37.8 Å². The van der Waals surface area contributed by atoms with Gasteiger partial charge in [-0.25, -0.2) is 4.39 Å². The number of rotatable bonds is 9. The third kappa shape index (κ3) is 6.16. The summed E-state index contributed by atoms with van der Waals surface area (Å²) in [6.45, 7) is 0.994. The van der Waals surface area contributed by atoms with Gasteiger partial charge in [0.05, 0.1) is 17.9 Å². The maximum Gasteiger partial charge on any atom is 0.252 e. The first-order valence-electron chi connectivity index (χ1n) is 8.11. The van der Waals surface area contributed by atoms with E-state index in [4.69, 9.17) is 4.74 Å². The molecule has 0 aliphatic carbocycles. The van der Waals surface area contributed by atoms with Crippen molar-refractivity contribution in [1.82, 2.24) is 10.6 Å². The van der Waals surface area contributed by atoms with Crippen molar-refractivity contribution in [2.75, 3.05) is 26.0 Å². The summed E-state index contributed by atoms with van der Waals surface area (Å²) >= 11 is 1.28. The normalized spacial score (nSPS) is 10.4. The van der Waals surface area contributed by atoms with Gasteiger partial charge in [0, 0.05) is 30.7 Å².